The summed E-state index contributed by atoms with van der Waals surface area (Å²) in [5.74, 6) is 1.60. The molecule has 2 N–H and O–H groups in total. The van der Waals surface area contributed by atoms with Crippen molar-refractivity contribution < 1.29 is 9.47 Å². The zero-order valence-corrected chi connectivity index (χ0v) is 14.0. The number of halogens is 1. The molecule has 4 heteroatoms. The molecule has 0 heterocycles. The molecule has 1 fully saturated rings. The Hall–Kier alpha value is -0.770. The van der Waals surface area contributed by atoms with Crippen LogP contribution in [0.4, 0.5) is 0 Å². The highest BCUT2D eigenvalue weighted by Crippen LogP contribution is 2.38. The van der Waals surface area contributed by atoms with Gasteiger partial charge in [-0.05, 0) is 61.8 Å². The first kappa shape index (κ1) is 16.6. The standard InChI is InChI=1S/C17H26ClNO2/c1-12-6-8-17(21-3,9-7-12)16(19)11-13-10-14(18)4-5-15(13)20-2/h4-5,10,12,16H,6-9,11,19H2,1-3H3. The van der Waals surface area contributed by atoms with Gasteiger partial charge in [0.2, 0.25) is 0 Å². The van der Waals surface area contributed by atoms with E-state index in [1.165, 1.54) is 12.8 Å². The van der Waals surface area contributed by atoms with Crippen LogP contribution in [-0.4, -0.2) is 25.9 Å². The Morgan fingerprint density at radius 3 is 2.57 bits per heavy atom. The topological polar surface area (TPSA) is 44.5 Å². The number of ether oxygens (including phenoxy) is 2. The van der Waals surface area contributed by atoms with Crippen LogP contribution in [0.25, 0.3) is 0 Å². The molecule has 0 amide bonds. The molecule has 21 heavy (non-hydrogen) atoms. The molecular weight excluding hydrogens is 286 g/mol. The van der Waals surface area contributed by atoms with E-state index in [1.54, 1.807) is 14.2 Å². The number of rotatable bonds is 5. The van der Waals surface area contributed by atoms with E-state index >= 15 is 0 Å². The van der Waals surface area contributed by atoms with Gasteiger partial charge in [-0.1, -0.05) is 18.5 Å². The Kier molecular flexibility index (Phi) is 5.53. The van der Waals surface area contributed by atoms with Crippen molar-refractivity contribution in [1.82, 2.24) is 0 Å². The molecule has 2 rings (SSSR count). The van der Waals surface area contributed by atoms with Crippen molar-refractivity contribution in [2.24, 2.45) is 11.7 Å². The van der Waals surface area contributed by atoms with Gasteiger partial charge in [0.25, 0.3) is 0 Å². The second kappa shape index (κ2) is 6.99. The van der Waals surface area contributed by atoms with Crippen LogP contribution in [0.5, 0.6) is 5.75 Å². The highest BCUT2D eigenvalue weighted by Gasteiger charge is 2.39. The Bertz CT molecular complexity index is 470. The van der Waals surface area contributed by atoms with Crippen molar-refractivity contribution in [3.8, 4) is 5.75 Å². The highest BCUT2D eigenvalue weighted by molar-refractivity contribution is 6.30. The van der Waals surface area contributed by atoms with Crippen LogP contribution in [0.1, 0.15) is 38.2 Å². The molecule has 0 aliphatic heterocycles. The predicted molar refractivity (Wildman–Crippen MR) is 87.1 cm³/mol. The maximum Gasteiger partial charge on any atom is 0.122 e. The third kappa shape index (κ3) is 3.71. The van der Waals surface area contributed by atoms with Gasteiger partial charge in [0.15, 0.2) is 0 Å². The Morgan fingerprint density at radius 1 is 1.33 bits per heavy atom. The largest absolute Gasteiger partial charge is 0.496 e. The molecule has 0 radical (unpaired) electrons. The Morgan fingerprint density at radius 2 is 2.00 bits per heavy atom. The summed E-state index contributed by atoms with van der Waals surface area (Å²) in [6.45, 7) is 2.30. The summed E-state index contributed by atoms with van der Waals surface area (Å²) in [5, 5.41) is 0.710. The van der Waals surface area contributed by atoms with Crippen molar-refractivity contribution in [2.75, 3.05) is 14.2 Å². The van der Waals surface area contributed by atoms with E-state index in [0.29, 0.717) is 11.4 Å². The molecule has 118 valence electrons. The van der Waals surface area contributed by atoms with Gasteiger partial charge in [-0.15, -0.1) is 0 Å². The lowest BCUT2D eigenvalue weighted by Gasteiger charge is -2.42. The molecule has 1 saturated carbocycles. The number of hydrogen-bond donors (Lipinski definition) is 1. The van der Waals surface area contributed by atoms with Gasteiger partial charge in [-0.3, -0.25) is 0 Å². The smallest absolute Gasteiger partial charge is 0.122 e. The Labute approximate surface area is 132 Å². The minimum Gasteiger partial charge on any atom is -0.496 e. The van der Waals surface area contributed by atoms with Gasteiger partial charge in [0.1, 0.15) is 5.75 Å². The average molecular weight is 312 g/mol. The minimum atomic E-state index is -0.222. The van der Waals surface area contributed by atoms with Crippen LogP contribution in [0.15, 0.2) is 18.2 Å². The lowest BCUT2D eigenvalue weighted by molar-refractivity contribution is -0.0659. The van der Waals surface area contributed by atoms with E-state index in [2.05, 4.69) is 6.92 Å². The normalized spacial score (nSPS) is 27.4. The van der Waals surface area contributed by atoms with E-state index in [1.807, 2.05) is 18.2 Å². The number of methoxy groups -OCH3 is 2. The van der Waals surface area contributed by atoms with Crippen LogP contribution in [0.2, 0.25) is 5.02 Å². The minimum absolute atomic E-state index is 0.0534. The molecule has 3 nitrogen and oxygen atoms in total. The molecule has 1 aliphatic rings. The summed E-state index contributed by atoms with van der Waals surface area (Å²) < 4.78 is 11.3. The zero-order valence-electron chi connectivity index (χ0n) is 13.2. The molecule has 1 atom stereocenters. The second-order valence-corrected chi connectivity index (χ2v) is 6.65. The van der Waals surface area contributed by atoms with Gasteiger partial charge >= 0.3 is 0 Å². The zero-order chi connectivity index (χ0) is 15.5. The van der Waals surface area contributed by atoms with Crippen molar-refractivity contribution in [2.45, 2.75) is 50.7 Å². The summed E-state index contributed by atoms with van der Waals surface area (Å²) in [6.07, 6.45) is 5.11. The van der Waals surface area contributed by atoms with Crippen LogP contribution in [0, 0.1) is 5.92 Å². The number of benzene rings is 1. The van der Waals surface area contributed by atoms with Gasteiger partial charge in [-0.25, -0.2) is 0 Å². The summed E-state index contributed by atoms with van der Waals surface area (Å²) in [4.78, 5) is 0. The van der Waals surface area contributed by atoms with Gasteiger partial charge in [0, 0.05) is 18.2 Å². The van der Waals surface area contributed by atoms with Crippen molar-refractivity contribution in [3.05, 3.63) is 28.8 Å². The van der Waals surface area contributed by atoms with E-state index in [9.17, 15) is 0 Å². The van der Waals surface area contributed by atoms with Crippen LogP contribution in [0.3, 0.4) is 0 Å². The predicted octanol–water partition coefficient (Wildman–Crippen LogP) is 3.81. The fourth-order valence-electron chi connectivity index (χ4n) is 3.31. The fraction of sp³-hybridized carbons (Fsp3) is 0.647. The number of nitrogens with two attached hydrogens (primary N) is 1. The van der Waals surface area contributed by atoms with Gasteiger partial charge < -0.3 is 15.2 Å². The molecular formula is C17H26ClNO2. The molecule has 0 bridgehead atoms. The lowest BCUT2D eigenvalue weighted by Crippen LogP contribution is -2.52. The molecule has 0 spiro atoms. The summed E-state index contributed by atoms with van der Waals surface area (Å²) in [7, 11) is 3.46. The first-order valence-electron chi connectivity index (χ1n) is 7.64. The first-order chi connectivity index (χ1) is 10.0. The third-order valence-corrected chi connectivity index (χ3v) is 5.12. The first-order valence-corrected chi connectivity index (χ1v) is 8.01. The van der Waals surface area contributed by atoms with Crippen molar-refractivity contribution in [3.63, 3.8) is 0 Å². The fourth-order valence-corrected chi connectivity index (χ4v) is 3.50. The van der Waals surface area contributed by atoms with Crippen LogP contribution >= 0.6 is 11.6 Å². The molecule has 1 aromatic rings. The molecule has 0 aromatic heterocycles. The summed E-state index contributed by atoms with van der Waals surface area (Å²) in [6, 6.07) is 5.62. The third-order valence-electron chi connectivity index (χ3n) is 4.89. The molecule has 1 aliphatic carbocycles. The SMILES string of the molecule is COc1ccc(Cl)cc1CC(N)C1(OC)CCC(C)CC1. The van der Waals surface area contributed by atoms with Crippen molar-refractivity contribution in [1.29, 1.82) is 0 Å². The average Bonchev–Trinajstić information content (AvgIpc) is 2.48. The maximum absolute atomic E-state index is 6.52. The van der Waals surface area contributed by atoms with E-state index in [0.717, 1.165) is 30.1 Å². The summed E-state index contributed by atoms with van der Waals surface area (Å²) in [5.41, 5.74) is 7.35. The highest BCUT2D eigenvalue weighted by atomic mass is 35.5. The maximum atomic E-state index is 6.52. The molecule has 0 saturated heterocycles. The van der Waals surface area contributed by atoms with Crippen LogP contribution in [-0.2, 0) is 11.2 Å². The summed E-state index contributed by atoms with van der Waals surface area (Å²) >= 11 is 6.10. The van der Waals surface area contributed by atoms with Gasteiger partial charge in [0.05, 0.1) is 12.7 Å². The van der Waals surface area contributed by atoms with Crippen molar-refractivity contribution >= 4 is 11.6 Å². The number of hydrogen-bond acceptors (Lipinski definition) is 3. The molecule has 1 aromatic carbocycles. The quantitative estimate of drug-likeness (QED) is 0.899. The Balaban J connectivity index is 2.16. The van der Waals surface area contributed by atoms with E-state index < -0.39 is 0 Å². The van der Waals surface area contributed by atoms with E-state index in [-0.39, 0.29) is 11.6 Å². The van der Waals surface area contributed by atoms with Crippen LogP contribution < -0.4 is 10.5 Å². The lowest BCUT2D eigenvalue weighted by atomic mass is 9.74. The molecule has 1 unspecified atom stereocenters. The van der Waals surface area contributed by atoms with Gasteiger partial charge in [-0.2, -0.15) is 0 Å². The second-order valence-electron chi connectivity index (χ2n) is 6.22. The van der Waals surface area contributed by atoms with E-state index in [4.69, 9.17) is 26.8 Å². The monoisotopic (exact) mass is 311 g/mol.